The number of aliphatic hydroxyl groups excluding tert-OH is 4. The first-order chi connectivity index (χ1) is 5.57. The summed E-state index contributed by atoms with van der Waals surface area (Å²) < 4.78 is 15.3. The second kappa shape index (κ2) is 3.74. The van der Waals surface area contributed by atoms with E-state index in [4.69, 9.17) is 20.4 Å². The molecule has 1 unspecified atom stereocenters. The van der Waals surface area contributed by atoms with Gasteiger partial charge in [0.05, 0.1) is 6.61 Å². The van der Waals surface area contributed by atoms with E-state index in [-0.39, 0.29) is 0 Å². The van der Waals surface area contributed by atoms with Gasteiger partial charge in [0.15, 0.2) is 12.2 Å². The molecule has 5 atom stereocenters. The highest BCUT2D eigenvalue weighted by Gasteiger charge is 2.52. The lowest BCUT2D eigenvalue weighted by Crippen LogP contribution is -2.49. The summed E-state index contributed by atoms with van der Waals surface area (Å²) in [6.45, 7) is -0.550. The van der Waals surface area contributed by atoms with Crippen LogP contribution in [0.3, 0.4) is 0 Å². The molecule has 0 aromatic carbocycles. The highest BCUT2D eigenvalue weighted by Crippen LogP contribution is 2.38. The zero-order chi connectivity index (χ0) is 9.30. The number of rotatable bonds is 1. The number of hydrogen-bond donors (Lipinski definition) is 4. The van der Waals surface area contributed by atoms with Crippen molar-refractivity contribution in [2.75, 3.05) is 6.61 Å². The lowest BCUT2D eigenvalue weighted by atomic mass is 10.1. The van der Waals surface area contributed by atoms with E-state index >= 15 is 0 Å². The minimum absolute atomic E-state index is 0.550. The number of aliphatic hydroxyl groups is 4. The smallest absolute Gasteiger partial charge is 0.393 e. The molecule has 0 aromatic rings. The van der Waals surface area contributed by atoms with Gasteiger partial charge in [0, 0.05) is 0 Å². The van der Waals surface area contributed by atoms with Gasteiger partial charge in [0.1, 0.15) is 6.10 Å². The van der Waals surface area contributed by atoms with Crippen molar-refractivity contribution in [3.8, 4) is 0 Å². The highest BCUT2D eigenvalue weighted by molar-refractivity contribution is 7.39. The summed E-state index contributed by atoms with van der Waals surface area (Å²) in [6, 6.07) is 0. The molecule has 12 heavy (non-hydrogen) atoms. The lowest BCUT2D eigenvalue weighted by molar-refractivity contribution is -0.110. The molecule has 1 heterocycles. The van der Waals surface area contributed by atoms with E-state index in [9.17, 15) is 4.57 Å². The van der Waals surface area contributed by atoms with Gasteiger partial charge in [-0.3, -0.25) is 0 Å². The predicted molar refractivity (Wildman–Crippen MR) is 37.6 cm³/mol. The van der Waals surface area contributed by atoms with E-state index < -0.39 is 38.8 Å². The van der Waals surface area contributed by atoms with Crippen molar-refractivity contribution >= 4 is 8.03 Å². The molecule has 1 rings (SSSR count). The Morgan fingerprint density at radius 1 is 1.25 bits per heavy atom. The second-order valence-electron chi connectivity index (χ2n) is 2.51. The molecular weight excluding hydrogens is 187 g/mol. The zero-order valence-electron chi connectivity index (χ0n) is 6.07. The minimum atomic E-state index is -2.43. The van der Waals surface area contributed by atoms with Crippen molar-refractivity contribution in [2.24, 2.45) is 0 Å². The van der Waals surface area contributed by atoms with Crippen LogP contribution in [0.4, 0.5) is 0 Å². The molecular formula is C5H10O6P+. The first-order valence-corrected chi connectivity index (χ1v) is 4.60. The average Bonchev–Trinajstić information content (AvgIpc) is 2.08. The fourth-order valence-corrected chi connectivity index (χ4v) is 1.93. The molecule has 0 spiro atoms. The molecule has 4 N–H and O–H groups in total. The molecule has 0 amide bonds. The van der Waals surface area contributed by atoms with Crippen molar-refractivity contribution in [1.29, 1.82) is 0 Å². The maximum absolute atomic E-state index is 10.8. The first kappa shape index (κ1) is 9.98. The maximum atomic E-state index is 10.8. The van der Waals surface area contributed by atoms with Crippen LogP contribution in [-0.4, -0.2) is 51.2 Å². The van der Waals surface area contributed by atoms with E-state index in [1.807, 2.05) is 0 Å². The van der Waals surface area contributed by atoms with Crippen LogP contribution in [0.25, 0.3) is 0 Å². The monoisotopic (exact) mass is 197 g/mol. The molecule has 1 fully saturated rings. The topological polar surface area (TPSA) is 107 Å². The van der Waals surface area contributed by atoms with E-state index in [0.29, 0.717) is 0 Å². The van der Waals surface area contributed by atoms with E-state index in [1.54, 1.807) is 0 Å². The van der Waals surface area contributed by atoms with Gasteiger partial charge in [-0.2, -0.15) is 0 Å². The van der Waals surface area contributed by atoms with Crippen molar-refractivity contribution in [2.45, 2.75) is 24.2 Å². The SMILES string of the molecule is O=[P+]1O[C@H](CO)[C@@H](O)[C@H](O)[C@H]1O. The Morgan fingerprint density at radius 2 is 1.83 bits per heavy atom. The van der Waals surface area contributed by atoms with Gasteiger partial charge >= 0.3 is 13.9 Å². The third-order valence-corrected chi connectivity index (χ3v) is 2.89. The summed E-state index contributed by atoms with van der Waals surface area (Å²) in [7, 11) is -2.43. The molecule has 1 aliphatic rings. The lowest BCUT2D eigenvalue weighted by Gasteiger charge is -2.25. The predicted octanol–water partition coefficient (Wildman–Crippen LogP) is -1.84. The van der Waals surface area contributed by atoms with E-state index in [1.165, 1.54) is 0 Å². The summed E-state index contributed by atoms with van der Waals surface area (Å²) in [5.74, 6) is -1.59. The Morgan fingerprint density at radius 3 is 2.33 bits per heavy atom. The molecule has 0 aromatic heterocycles. The van der Waals surface area contributed by atoms with Crippen LogP contribution < -0.4 is 0 Å². The van der Waals surface area contributed by atoms with Crippen molar-refractivity contribution in [3.63, 3.8) is 0 Å². The van der Waals surface area contributed by atoms with Gasteiger partial charge in [-0.1, -0.05) is 0 Å². The van der Waals surface area contributed by atoms with Gasteiger partial charge < -0.3 is 20.4 Å². The van der Waals surface area contributed by atoms with Crippen LogP contribution in [0.2, 0.25) is 0 Å². The normalized spacial score (nSPS) is 46.2. The van der Waals surface area contributed by atoms with Gasteiger partial charge in [-0.25, -0.2) is 0 Å². The van der Waals surface area contributed by atoms with Crippen molar-refractivity contribution < 1.29 is 29.5 Å². The van der Waals surface area contributed by atoms with Crippen LogP contribution in [0, 0.1) is 0 Å². The maximum Gasteiger partial charge on any atom is 0.543 e. The molecule has 0 bridgehead atoms. The summed E-state index contributed by atoms with van der Waals surface area (Å²) in [6.07, 6.45) is -4.02. The highest BCUT2D eigenvalue weighted by atomic mass is 31.1. The first-order valence-electron chi connectivity index (χ1n) is 3.36. The van der Waals surface area contributed by atoms with Crippen LogP contribution in [0.1, 0.15) is 0 Å². The van der Waals surface area contributed by atoms with Crippen molar-refractivity contribution in [1.82, 2.24) is 0 Å². The Bertz CT molecular complexity index is 183. The summed E-state index contributed by atoms with van der Waals surface area (Å²) >= 11 is 0. The van der Waals surface area contributed by atoms with Crippen molar-refractivity contribution in [3.05, 3.63) is 0 Å². The Hall–Kier alpha value is -0.100. The standard InChI is InChI=1S/C5H10O6P/c6-1-2-3(7)4(8)5(9)12(10)11-2/h2-9H,1H2/q+1/t2-,3-,4+,5+/m1/s1. The molecule has 6 nitrogen and oxygen atoms in total. The Kier molecular flexibility index (Phi) is 3.11. The zero-order valence-corrected chi connectivity index (χ0v) is 6.96. The van der Waals surface area contributed by atoms with Gasteiger partial charge in [0.2, 0.25) is 0 Å². The van der Waals surface area contributed by atoms with Crippen LogP contribution in [-0.2, 0) is 9.09 Å². The van der Waals surface area contributed by atoms with Crippen LogP contribution in [0.15, 0.2) is 0 Å². The summed E-state index contributed by atoms with van der Waals surface area (Å²) in [5.41, 5.74) is 0. The molecule has 0 saturated carbocycles. The Balaban J connectivity index is 2.70. The quantitative estimate of drug-likeness (QED) is 0.368. The fraction of sp³-hybridized carbons (Fsp3) is 1.00. The summed E-state index contributed by atoms with van der Waals surface area (Å²) in [4.78, 5) is 0. The fourth-order valence-electron chi connectivity index (χ4n) is 0.920. The van der Waals surface area contributed by atoms with Gasteiger partial charge in [-0.05, 0) is 4.57 Å². The molecule has 0 aliphatic carbocycles. The molecule has 7 heteroatoms. The van der Waals surface area contributed by atoms with E-state index in [2.05, 4.69) is 4.52 Å². The van der Waals surface area contributed by atoms with Crippen LogP contribution >= 0.6 is 8.03 Å². The molecule has 70 valence electrons. The van der Waals surface area contributed by atoms with Gasteiger partial charge in [-0.15, -0.1) is 4.52 Å². The summed E-state index contributed by atoms with van der Waals surface area (Å²) in [5, 5.41) is 35.7. The Labute approximate surface area is 69.3 Å². The molecule has 1 aliphatic heterocycles. The van der Waals surface area contributed by atoms with Gasteiger partial charge in [0.25, 0.3) is 0 Å². The number of hydrogen-bond acceptors (Lipinski definition) is 6. The third kappa shape index (κ3) is 1.64. The molecule has 1 saturated heterocycles. The average molecular weight is 197 g/mol. The second-order valence-corrected chi connectivity index (χ2v) is 3.82. The van der Waals surface area contributed by atoms with Crippen LogP contribution in [0.5, 0.6) is 0 Å². The largest absolute Gasteiger partial charge is 0.543 e. The van der Waals surface area contributed by atoms with E-state index in [0.717, 1.165) is 0 Å². The third-order valence-electron chi connectivity index (χ3n) is 1.67. The minimum Gasteiger partial charge on any atom is -0.393 e. The molecule has 0 radical (unpaired) electrons.